The number of hydrogen-bond donors (Lipinski definition) is 2. The van der Waals surface area contributed by atoms with Gasteiger partial charge in [-0.3, -0.25) is 14.4 Å². The summed E-state index contributed by atoms with van der Waals surface area (Å²) in [6, 6.07) is 13.2. The van der Waals surface area contributed by atoms with E-state index in [-0.39, 0.29) is 5.78 Å². The van der Waals surface area contributed by atoms with Crippen molar-refractivity contribution in [2.75, 3.05) is 10.6 Å². The zero-order valence-corrected chi connectivity index (χ0v) is 10.5. The highest BCUT2D eigenvalue weighted by Crippen LogP contribution is 2.15. The van der Waals surface area contributed by atoms with Gasteiger partial charge in [-0.1, -0.05) is 0 Å². The third-order valence-corrected chi connectivity index (χ3v) is 2.75. The van der Waals surface area contributed by atoms with Crippen LogP contribution < -0.4 is 10.6 Å². The van der Waals surface area contributed by atoms with E-state index in [1.165, 1.54) is 0 Å². The number of anilines is 2. The van der Waals surface area contributed by atoms with Gasteiger partial charge in [0.2, 0.25) is 12.8 Å². The Morgan fingerprint density at radius 3 is 1.35 bits per heavy atom. The van der Waals surface area contributed by atoms with Crippen LogP contribution in [-0.4, -0.2) is 18.6 Å². The van der Waals surface area contributed by atoms with Gasteiger partial charge < -0.3 is 10.6 Å². The lowest BCUT2D eigenvalue weighted by Crippen LogP contribution is -2.02. The zero-order valence-electron chi connectivity index (χ0n) is 10.5. The first-order valence-corrected chi connectivity index (χ1v) is 5.90. The highest BCUT2D eigenvalue weighted by atomic mass is 16.1. The Bertz CT molecular complexity index is 563. The first-order valence-electron chi connectivity index (χ1n) is 5.90. The standard InChI is InChI=1S/C15H12N2O3/c18-9-16-13-5-1-11(2-6-13)15(20)12-3-7-14(8-4-12)17-10-19/h1-10H,(H,16,18)(H,17,19). The monoisotopic (exact) mass is 268 g/mol. The number of rotatable bonds is 6. The molecule has 0 unspecified atom stereocenters. The number of carbonyl (C=O) groups excluding carboxylic acids is 3. The van der Waals surface area contributed by atoms with Crippen LogP contribution in [0, 0.1) is 0 Å². The molecule has 0 atom stereocenters. The van der Waals surface area contributed by atoms with Crippen LogP contribution in [0.4, 0.5) is 11.4 Å². The second-order valence-corrected chi connectivity index (χ2v) is 4.01. The molecule has 0 saturated carbocycles. The van der Waals surface area contributed by atoms with Gasteiger partial charge in [0.15, 0.2) is 5.78 Å². The van der Waals surface area contributed by atoms with Crippen molar-refractivity contribution in [1.29, 1.82) is 0 Å². The van der Waals surface area contributed by atoms with E-state index < -0.39 is 0 Å². The van der Waals surface area contributed by atoms with E-state index in [0.29, 0.717) is 35.3 Å². The summed E-state index contributed by atoms with van der Waals surface area (Å²) in [4.78, 5) is 32.8. The van der Waals surface area contributed by atoms with E-state index in [1.54, 1.807) is 48.5 Å². The Balaban J connectivity index is 2.17. The zero-order chi connectivity index (χ0) is 14.4. The molecule has 0 bridgehead atoms. The number of nitrogens with one attached hydrogen (secondary N) is 2. The van der Waals surface area contributed by atoms with E-state index in [4.69, 9.17) is 0 Å². The Morgan fingerprint density at radius 1 is 0.700 bits per heavy atom. The van der Waals surface area contributed by atoms with Crippen molar-refractivity contribution in [2.24, 2.45) is 0 Å². The first kappa shape index (κ1) is 13.5. The molecule has 2 aromatic rings. The minimum absolute atomic E-state index is 0.125. The normalized spacial score (nSPS) is 9.60. The van der Waals surface area contributed by atoms with E-state index in [2.05, 4.69) is 10.6 Å². The molecule has 0 radical (unpaired) electrons. The van der Waals surface area contributed by atoms with Crippen molar-refractivity contribution in [3.05, 3.63) is 59.7 Å². The van der Waals surface area contributed by atoms with E-state index in [0.717, 1.165) is 0 Å². The Hall–Kier alpha value is -2.95. The molecule has 2 rings (SSSR count). The summed E-state index contributed by atoms with van der Waals surface area (Å²) in [5, 5.41) is 5.00. The number of hydrogen-bond acceptors (Lipinski definition) is 3. The minimum Gasteiger partial charge on any atom is -0.329 e. The van der Waals surface area contributed by atoms with Crippen LogP contribution in [-0.2, 0) is 9.59 Å². The van der Waals surface area contributed by atoms with Crippen molar-refractivity contribution in [3.8, 4) is 0 Å². The third kappa shape index (κ3) is 3.08. The van der Waals surface area contributed by atoms with Crippen LogP contribution in [0.2, 0.25) is 0 Å². The largest absolute Gasteiger partial charge is 0.329 e. The quantitative estimate of drug-likeness (QED) is 0.622. The maximum atomic E-state index is 12.2. The fourth-order valence-electron chi connectivity index (χ4n) is 1.74. The molecule has 0 aliphatic carbocycles. The molecule has 0 saturated heterocycles. The van der Waals surface area contributed by atoms with Crippen LogP contribution in [0.25, 0.3) is 0 Å². The maximum absolute atomic E-state index is 12.2. The SMILES string of the molecule is O=CNc1ccc(C(=O)c2ccc(NC=O)cc2)cc1. The molecule has 5 nitrogen and oxygen atoms in total. The fraction of sp³-hybridized carbons (Fsp3) is 0. The first-order chi connectivity index (χ1) is 9.74. The molecule has 100 valence electrons. The Kier molecular flexibility index (Phi) is 4.24. The summed E-state index contributed by atoms with van der Waals surface area (Å²) < 4.78 is 0. The summed E-state index contributed by atoms with van der Waals surface area (Å²) >= 11 is 0. The molecule has 0 spiro atoms. The highest BCUT2D eigenvalue weighted by Gasteiger charge is 2.08. The smallest absolute Gasteiger partial charge is 0.211 e. The van der Waals surface area contributed by atoms with Gasteiger partial charge in [-0.05, 0) is 48.5 Å². The Morgan fingerprint density at radius 2 is 1.05 bits per heavy atom. The molecule has 2 N–H and O–H groups in total. The Labute approximate surface area is 115 Å². The lowest BCUT2D eigenvalue weighted by Gasteiger charge is -2.04. The molecule has 5 heteroatoms. The van der Waals surface area contributed by atoms with Gasteiger partial charge >= 0.3 is 0 Å². The number of carbonyl (C=O) groups is 3. The summed E-state index contributed by atoms with van der Waals surface area (Å²) in [5.74, 6) is -0.125. The van der Waals surface area contributed by atoms with Gasteiger partial charge in [0, 0.05) is 22.5 Å². The maximum Gasteiger partial charge on any atom is 0.211 e. The molecule has 2 aromatic carbocycles. The number of amides is 2. The van der Waals surface area contributed by atoms with Crippen molar-refractivity contribution in [2.45, 2.75) is 0 Å². The van der Waals surface area contributed by atoms with Crippen molar-refractivity contribution >= 4 is 30.0 Å². The average molecular weight is 268 g/mol. The van der Waals surface area contributed by atoms with Crippen LogP contribution in [0.5, 0.6) is 0 Å². The summed E-state index contributed by atoms with van der Waals surface area (Å²) in [6.07, 6.45) is 1.16. The highest BCUT2D eigenvalue weighted by molar-refractivity contribution is 6.09. The molecule has 20 heavy (non-hydrogen) atoms. The summed E-state index contributed by atoms with van der Waals surface area (Å²) in [7, 11) is 0. The topological polar surface area (TPSA) is 75.3 Å². The van der Waals surface area contributed by atoms with Crippen LogP contribution in [0.15, 0.2) is 48.5 Å². The van der Waals surface area contributed by atoms with Crippen LogP contribution in [0.1, 0.15) is 15.9 Å². The minimum atomic E-state index is -0.125. The van der Waals surface area contributed by atoms with Crippen molar-refractivity contribution < 1.29 is 14.4 Å². The molecular formula is C15H12N2O3. The molecule has 0 aromatic heterocycles. The van der Waals surface area contributed by atoms with E-state index in [9.17, 15) is 14.4 Å². The van der Waals surface area contributed by atoms with Crippen LogP contribution >= 0.6 is 0 Å². The molecule has 2 amide bonds. The molecule has 0 heterocycles. The van der Waals surface area contributed by atoms with Gasteiger partial charge in [-0.2, -0.15) is 0 Å². The van der Waals surface area contributed by atoms with E-state index >= 15 is 0 Å². The fourth-order valence-corrected chi connectivity index (χ4v) is 1.74. The van der Waals surface area contributed by atoms with Gasteiger partial charge in [0.1, 0.15) is 0 Å². The van der Waals surface area contributed by atoms with Gasteiger partial charge in [-0.15, -0.1) is 0 Å². The van der Waals surface area contributed by atoms with E-state index in [1.807, 2.05) is 0 Å². The second-order valence-electron chi connectivity index (χ2n) is 4.01. The van der Waals surface area contributed by atoms with Crippen molar-refractivity contribution in [3.63, 3.8) is 0 Å². The average Bonchev–Trinajstić information content (AvgIpc) is 2.49. The predicted molar refractivity (Wildman–Crippen MR) is 75.7 cm³/mol. The molecule has 0 aliphatic heterocycles. The van der Waals surface area contributed by atoms with Crippen molar-refractivity contribution in [1.82, 2.24) is 0 Å². The molecule has 0 fully saturated rings. The number of benzene rings is 2. The molecule has 0 aliphatic rings. The summed E-state index contributed by atoms with van der Waals surface area (Å²) in [6.45, 7) is 0. The van der Waals surface area contributed by atoms with Gasteiger partial charge in [0.05, 0.1) is 0 Å². The van der Waals surface area contributed by atoms with Gasteiger partial charge in [-0.25, -0.2) is 0 Å². The summed E-state index contributed by atoms with van der Waals surface area (Å²) in [5.41, 5.74) is 2.30. The van der Waals surface area contributed by atoms with Crippen LogP contribution in [0.3, 0.4) is 0 Å². The lowest BCUT2D eigenvalue weighted by atomic mass is 10.0. The van der Waals surface area contributed by atoms with Gasteiger partial charge in [0.25, 0.3) is 0 Å². The molecular weight excluding hydrogens is 256 g/mol. The second kappa shape index (κ2) is 6.29. The lowest BCUT2D eigenvalue weighted by molar-refractivity contribution is -0.106. The third-order valence-electron chi connectivity index (χ3n) is 2.75. The predicted octanol–water partition coefficient (Wildman–Crippen LogP) is 2.05. The number of ketones is 1.